The van der Waals surface area contributed by atoms with Gasteiger partial charge in [-0.15, -0.1) is 0 Å². The van der Waals surface area contributed by atoms with E-state index in [-0.39, 0.29) is 16.6 Å². The minimum atomic E-state index is -0.207. The Kier molecular flexibility index (Phi) is 3.71. The molecule has 2 aromatic carbocycles. The molecule has 22 heavy (non-hydrogen) atoms. The normalized spacial score (nSPS) is 18.8. The molecule has 0 atom stereocenters. The third kappa shape index (κ3) is 2.74. The van der Waals surface area contributed by atoms with Crippen molar-refractivity contribution in [3.8, 4) is 11.1 Å². The fraction of sp³-hybridized carbons (Fsp3) is 0.400. The zero-order chi connectivity index (χ0) is 16.1. The number of fused-ring (bicyclic) bond motifs is 1. The fourth-order valence-corrected chi connectivity index (χ4v) is 3.95. The van der Waals surface area contributed by atoms with Gasteiger partial charge in [0.1, 0.15) is 5.82 Å². The van der Waals surface area contributed by atoms with Crippen LogP contribution in [0.2, 0.25) is 0 Å². The number of rotatable bonds is 1. The third-order valence-corrected chi connectivity index (χ3v) is 5.51. The minimum absolute atomic E-state index is 0.172. The van der Waals surface area contributed by atoms with Gasteiger partial charge in [-0.1, -0.05) is 61.8 Å². The second-order valence-electron chi connectivity index (χ2n) is 7.69. The summed E-state index contributed by atoms with van der Waals surface area (Å²) in [6.07, 6.45) is 2.39. The van der Waals surface area contributed by atoms with Crippen LogP contribution in [-0.2, 0) is 10.8 Å². The van der Waals surface area contributed by atoms with Gasteiger partial charge in [-0.2, -0.15) is 0 Å². The lowest BCUT2D eigenvalue weighted by molar-refractivity contribution is 0.332. The van der Waals surface area contributed by atoms with E-state index in [4.69, 9.17) is 0 Å². The second kappa shape index (κ2) is 5.19. The summed E-state index contributed by atoms with van der Waals surface area (Å²) >= 11 is 3.39. The third-order valence-electron chi connectivity index (χ3n) is 5.05. The van der Waals surface area contributed by atoms with Crippen LogP contribution in [0.4, 0.5) is 4.39 Å². The highest BCUT2D eigenvalue weighted by atomic mass is 79.9. The summed E-state index contributed by atoms with van der Waals surface area (Å²) in [7, 11) is 0. The Hall–Kier alpha value is -1.15. The van der Waals surface area contributed by atoms with Gasteiger partial charge >= 0.3 is 0 Å². The topological polar surface area (TPSA) is 0 Å². The summed E-state index contributed by atoms with van der Waals surface area (Å²) in [5.41, 5.74) is 5.24. The van der Waals surface area contributed by atoms with E-state index in [1.54, 1.807) is 6.07 Å². The zero-order valence-electron chi connectivity index (χ0n) is 13.6. The number of hydrogen-bond donors (Lipinski definition) is 0. The summed E-state index contributed by atoms with van der Waals surface area (Å²) in [6.45, 7) is 9.26. The summed E-state index contributed by atoms with van der Waals surface area (Å²) in [5.74, 6) is -0.207. The molecule has 0 nitrogen and oxygen atoms in total. The molecule has 2 aromatic rings. The van der Waals surface area contributed by atoms with Crippen molar-refractivity contribution in [3.63, 3.8) is 0 Å². The molecular formula is C20H22BrF. The van der Waals surface area contributed by atoms with Crippen molar-refractivity contribution < 1.29 is 4.39 Å². The van der Waals surface area contributed by atoms with Gasteiger partial charge in [-0.05, 0) is 64.1 Å². The molecular weight excluding hydrogens is 339 g/mol. The molecule has 0 unspecified atom stereocenters. The molecule has 0 spiro atoms. The van der Waals surface area contributed by atoms with E-state index >= 15 is 0 Å². The molecule has 0 heterocycles. The van der Waals surface area contributed by atoms with E-state index in [9.17, 15) is 4.39 Å². The van der Waals surface area contributed by atoms with Crippen LogP contribution < -0.4 is 0 Å². The van der Waals surface area contributed by atoms with Crippen molar-refractivity contribution in [3.05, 3.63) is 57.8 Å². The fourth-order valence-electron chi connectivity index (χ4n) is 3.49. The average molecular weight is 361 g/mol. The molecule has 0 fully saturated rings. The maximum atomic E-state index is 13.7. The lowest BCUT2D eigenvalue weighted by atomic mass is 9.63. The first kappa shape index (κ1) is 15.7. The van der Waals surface area contributed by atoms with Gasteiger partial charge in [0, 0.05) is 4.47 Å². The summed E-state index contributed by atoms with van der Waals surface area (Å²) in [5, 5.41) is 0. The summed E-state index contributed by atoms with van der Waals surface area (Å²) < 4.78 is 14.5. The highest BCUT2D eigenvalue weighted by molar-refractivity contribution is 9.10. The molecule has 0 radical (unpaired) electrons. The van der Waals surface area contributed by atoms with Gasteiger partial charge in [-0.25, -0.2) is 4.39 Å². The second-order valence-corrected chi connectivity index (χ2v) is 8.60. The Morgan fingerprint density at radius 2 is 1.45 bits per heavy atom. The monoisotopic (exact) mass is 360 g/mol. The molecule has 0 aliphatic heterocycles. The first-order chi connectivity index (χ1) is 10.2. The van der Waals surface area contributed by atoms with E-state index in [0.29, 0.717) is 0 Å². The molecule has 0 aromatic heterocycles. The van der Waals surface area contributed by atoms with Crippen LogP contribution in [0, 0.1) is 5.82 Å². The van der Waals surface area contributed by atoms with Gasteiger partial charge in [0.2, 0.25) is 0 Å². The van der Waals surface area contributed by atoms with Crippen LogP contribution in [0.5, 0.6) is 0 Å². The van der Waals surface area contributed by atoms with Crippen LogP contribution in [0.1, 0.15) is 51.7 Å². The van der Waals surface area contributed by atoms with Crippen LogP contribution in [0.25, 0.3) is 11.1 Å². The Labute approximate surface area is 140 Å². The van der Waals surface area contributed by atoms with Crippen LogP contribution in [-0.4, -0.2) is 0 Å². The quantitative estimate of drug-likeness (QED) is 0.536. The van der Waals surface area contributed by atoms with Gasteiger partial charge in [0.25, 0.3) is 0 Å². The van der Waals surface area contributed by atoms with E-state index < -0.39 is 0 Å². The molecule has 3 rings (SSSR count). The van der Waals surface area contributed by atoms with Crippen molar-refractivity contribution in [2.24, 2.45) is 0 Å². The molecule has 0 amide bonds. The van der Waals surface area contributed by atoms with E-state index in [1.165, 1.54) is 30.0 Å². The molecule has 116 valence electrons. The van der Waals surface area contributed by atoms with Crippen molar-refractivity contribution in [2.45, 2.75) is 51.4 Å². The molecule has 0 bridgehead atoms. The van der Waals surface area contributed by atoms with Crippen LogP contribution in [0.3, 0.4) is 0 Å². The number of halogens is 2. The van der Waals surface area contributed by atoms with Crippen molar-refractivity contribution in [1.29, 1.82) is 0 Å². The predicted molar refractivity (Wildman–Crippen MR) is 94.8 cm³/mol. The molecule has 2 heteroatoms. The van der Waals surface area contributed by atoms with Gasteiger partial charge < -0.3 is 0 Å². The lowest BCUT2D eigenvalue weighted by Gasteiger charge is -2.42. The van der Waals surface area contributed by atoms with Gasteiger partial charge in [-0.3, -0.25) is 0 Å². The Morgan fingerprint density at radius 3 is 2.09 bits per heavy atom. The largest absolute Gasteiger partial charge is 0.207 e. The number of hydrogen-bond acceptors (Lipinski definition) is 0. The SMILES string of the molecule is CC1(C)CCC(C)(C)c2cc(-c3cc(F)cc(Br)c3)ccc21. The Bertz CT molecular complexity index is 708. The highest BCUT2D eigenvalue weighted by Gasteiger charge is 2.36. The van der Waals surface area contributed by atoms with E-state index in [1.807, 2.05) is 6.07 Å². The lowest BCUT2D eigenvalue weighted by Crippen LogP contribution is -2.33. The summed E-state index contributed by atoms with van der Waals surface area (Å²) in [4.78, 5) is 0. The average Bonchev–Trinajstić information content (AvgIpc) is 2.43. The Morgan fingerprint density at radius 1 is 0.818 bits per heavy atom. The Balaban J connectivity index is 2.17. The van der Waals surface area contributed by atoms with Crippen molar-refractivity contribution >= 4 is 15.9 Å². The first-order valence-corrected chi connectivity index (χ1v) is 8.60. The maximum Gasteiger partial charge on any atom is 0.124 e. The molecule has 0 saturated heterocycles. The van der Waals surface area contributed by atoms with Gasteiger partial charge in [0.15, 0.2) is 0 Å². The molecule has 1 aliphatic rings. The predicted octanol–water partition coefficient (Wildman–Crippen LogP) is 6.60. The van der Waals surface area contributed by atoms with Crippen molar-refractivity contribution in [1.82, 2.24) is 0 Å². The first-order valence-electron chi connectivity index (χ1n) is 7.81. The molecule has 0 N–H and O–H groups in total. The standard InChI is InChI=1S/C20H22BrF/c1-19(2)7-8-20(3,4)18-11-13(5-6-17(18)19)14-9-15(21)12-16(22)10-14/h5-6,9-12H,7-8H2,1-4H3. The minimum Gasteiger partial charge on any atom is -0.207 e. The number of benzene rings is 2. The summed E-state index contributed by atoms with van der Waals surface area (Å²) in [6, 6.07) is 11.7. The highest BCUT2D eigenvalue weighted by Crippen LogP contribution is 2.46. The molecule has 1 aliphatic carbocycles. The smallest absolute Gasteiger partial charge is 0.124 e. The van der Waals surface area contributed by atoms with Crippen LogP contribution in [0.15, 0.2) is 40.9 Å². The molecule has 0 saturated carbocycles. The van der Waals surface area contributed by atoms with Gasteiger partial charge in [0.05, 0.1) is 0 Å². The van der Waals surface area contributed by atoms with Crippen LogP contribution >= 0.6 is 15.9 Å². The zero-order valence-corrected chi connectivity index (χ0v) is 15.2. The van der Waals surface area contributed by atoms with E-state index in [0.717, 1.165) is 15.6 Å². The van der Waals surface area contributed by atoms with Crippen molar-refractivity contribution in [2.75, 3.05) is 0 Å². The van der Waals surface area contributed by atoms with E-state index in [2.05, 4.69) is 61.8 Å². The maximum absolute atomic E-state index is 13.7.